The lowest BCUT2D eigenvalue weighted by Crippen LogP contribution is -2.04. The molecule has 1 N–H and O–H groups in total. The molecule has 0 spiro atoms. The van der Waals surface area contributed by atoms with Crippen LogP contribution in [0.5, 0.6) is 0 Å². The molecule has 92 valence electrons. The van der Waals surface area contributed by atoms with Crippen molar-refractivity contribution in [3.63, 3.8) is 0 Å². The Balaban J connectivity index is 2.05. The Hall–Kier alpha value is -1.65. The maximum atomic E-state index is 4.36. The third kappa shape index (κ3) is 2.05. The maximum Gasteiger partial charge on any atom is 0.112 e. The zero-order valence-electron chi connectivity index (χ0n) is 10.3. The molecule has 0 unspecified atom stereocenters. The van der Waals surface area contributed by atoms with Crippen LogP contribution in [0.15, 0.2) is 42.0 Å². The van der Waals surface area contributed by atoms with E-state index in [-0.39, 0.29) is 0 Å². The minimum absolute atomic E-state index is 0.849. The number of thiazole rings is 1. The van der Waals surface area contributed by atoms with Gasteiger partial charge in [0.25, 0.3) is 0 Å². The number of aromatic nitrogens is 2. The van der Waals surface area contributed by atoms with Crippen LogP contribution < -0.4 is 5.32 Å². The Labute approximate surface area is 110 Å². The summed E-state index contributed by atoms with van der Waals surface area (Å²) in [6, 6.07) is 8.53. The molecular weight excluding hydrogens is 242 g/mol. The first-order valence-electron chi connectivity index (χ1n) is 5.98. The Bertz CT molecular complexity index is 640. The van der Waals surface area contributed by atoms with Crippen LogP contribution in [-0.2, 0) is 13.1 Å². The van der Waals surface area contributed by atoms with E-state index in [0.717, 1.165) is 18.1 Å². The standard InChI is InChI=1S/C14H15N3S/c1-15-8-11-9-17(10-14-16-6-7-18-14)13-5-3-2-4-12(11)13/h2-7,9,15H,8,10H2,1H3. The summed E-state index contributed by atoms with van der Waals surface area (Å²) in [5.74, 6) is 0. The van der Waals surface area contributed by atoms with Gasteiger partial charge >= 0.3 is 0 Å². The summed E-state index contributed by atoms with van der Waals surface area (Å²) >= 11 is 1.70. The zero-order chi connectivity index (χ0) is 12.4. The Kier molecular flexibility index (Phi) is 3.13. The van der Waals surface area contributed by atoms with Crippen molar-refractivity contribution in [2.45, 2.75) is 13.1 Å². The molecule has 0 aliphatic rings. The summed E-state index contributed by atoms with van der Waals surface area (Å²) in [6.45, 7) is 1.74. The van der Waals surface area contributed by atoms with Crippen LogP contribution in [0.1, 0.15) is 10.6 Å². The van der Waals surface area contributed by atoms with E-state index in [9.17, 15) is 0 Å². The molecular formula is C14H15N3S. The molecule has 0 aliphatic heterocycles. The third-order valence-corrected chi connectivity index (χ3v) is 3.79. The number of benzene rings is 1. The summed E-state index contributed by atoms with van der Waals surface area (Å²) in [7, 11) is 1.98. The SMILES string of the molecule is CNCc1cn(Cc2nccs2)c2ccccc12. The molecule has 18 heavy (non-hydrogen) atoms. The van der Waals surface area contributed by atoms with Gasteiger partial charge in [0.15, 0.2) is 0 Å². The number of rotatable bonds is 4. The highest BCUT2D eigenvalue weighted by molar-refractivity contribution is 7.09. The Morgan fingerprint density at radius 2 is 2.22 bits per heavy atom. The minimum atomic E-state index is 0.849. The van der Waals surface area contributed by atoms with Crippen LogP contribution in [0, 0.1) is 0 Å². The number of para-hydroxylation sites is 1. The van der Waals surface area contributed by atoms with E-state index in [1.54, 1.807) is 11.3 Å². The van der Waals surface area contributed by atoms with Crippen LogP contribution in [0.2, 0.25) is 0 Å². The monoisotopic (exact) mass is 257 g/mol. The molecule has 0 radical (unpaired) electrons. The lowest BCUT2D eigenvalue weighted by molar-refractivity contribution is 0.792. The van der Waals surface area contributed by atoms with Crippen LogP contribution >= 0.6 is 11.3 Å². The van der Waals surface area contributed by atoms with Crippen LogP contribution in [0.3, 0.4) is 0 Å². The van der Waals surface area contributed by atoms with Gasteiger partial charge in [-0.25, -0.2) is 4.98 Å². The van der Waals surface area contributed by atoms with E-state index in [0.29, 0.717) is 0 Å². The van der Waals surface area contributed by atoms with Gasteiger partial charge < -0.3 is 9.88 Å². The fourth-order valence-corrected chi connectivity index (χ4v) is 2.88. The largest absolute Gasteiger partial charge is 0.340 e. The van der Waals surface area contributed by atoms with Gasteiger partial charge in [-0.1, -0.05) is 18.2 Å². The molecule has 1 aromatic carbocycles. The van der Waals surface area contributed by atoms with Crippen LogP contribution in [0.4, 0.5) is 0 Å². The van der Waals surface area contributed by atoms with Gasteiger partial charge in [-0.05, 0) is 18.7 Å². The predicted molar refractivity (Wildman–Crippen MR) is 75.9 cm³/mol. The van der Waals surface area contributed by atoms with Gasteiger partial charge in [-0.2, -0.15) is 0 Å². The van der Waals surface area contributed by atoms with Crippen LogP contribution in [-0.4, -0.2) is 16.6 Å². The van der Waals surface area contributed by atoms with Crippen molar-refractivity contribution >= 4 is 22.2 Å². The molecule has 3 rings (SSSR count). The van der Waals surface area contributed by atoms with E-state index in [2.05, 4.69) is 45.3 Å². The highest BCUT2D eigenvalue weighted by Gasteiger charge is 2.08. The second-order valence-electron chi connectivity index (χ2n) is 4.26. The molecule has 0 saturated heterocycles. The highest BCUT2D eigenvalue weighted by Crippen LogP contribution is 2.22. The quantitative estimate of drug-likeness (QED) is 0.779. The molecule has 4 heteroatoms. The number of nitrogens with one attached hydrogen (secondary N) is 1. The van der Waals surface area contributed by atoms with Crippen molar-refractivity contribution in [1.29, 1.82) is 0 Å². The van der Waals surface area contributed by atoms with Crippen molar-refractivity contribution in [3.05, 3.63) is 52.6 Å². The van der Waals surface area contributed by atoms with Gasteiger partial charge in [0.05, 0.1) is 6.54 Å². The van der Waals surface area contributed by atoms with E-state index in [1.165, 1.54) is 16.5 Å². The molecule has 2 aromatic heterocycles. The lowest BCUT2D eigenvalue weighted by Gasteiger charge is -2.01. The smallest absolute Gasteiger partial charge is 0.112 e. The average Bonchev–Trinajstić information content (AvgIpc) is 3.00. The zero-order valence-corrected chi connectivity index (χ0v) is 11.1. The first-order valence-corrected chi connectivity index (χ1v) is 6.86. The Morgan fingerprint density at radius 3 is 3.00 bits per heavy atom. The number of hydrogen-bond acceptors (Lipinski definition) is 3. The summed E-state index contributed by atoms with van der Waals surface area (Å²) in [5.41, 5.74) is 2.61. The second kappa shape index (κ2) is 4.92. The average molecular weight is 257 g/mol. The molecule has 0 aliphatic carbocycles. The normalized spacial score (nSPS) is 11.2. The second-order valence-corrected chi connectivity index (χ2v) is 5.23. The highest BCUT2D eigenvalue weighted by atomic mass is 32.1. The summed E-state index contributed by atoms with van der Waals surface area (Å²) < 4.78 is 2.28. The molecule has 0 atom stereocenters. The Morgan fingerprint density at radius 1 is 1.33 bits per heavy atom. The van der Waals surface area contributed by atoms with E-state index >= 15 is 0 Å². The molecule has 3 nitrogen and oxygen atoms in total. The summed E-state index contributed by atoms with van der Waals surface area (Å²) in [4.78, 5) is 4.36. The van der Waals surface area contributed by atoms with Gasteiger partial charge in [-0.3, -0.25) is 0 Å². The molecule has 0 fully saturated rings. The maximum absolute atomic E-state index is 4.36. The van der Waals surface area contributed by atoms with Gasteiger partial charge in [0.1, 0.15) is 5.01 Å². The van der Waals surface area contributed by atoms with Gasteiger partial charge in [0, 0.05) is 35.2 Å². The fraction of sp³-hybridized carbons (Fsp3) is 0.214. The lowest BCUT2D eigenvalue weighted by atomic mass is 10.2. The molecule has 0 saturated carbocycles. The molecule has 3 aromatic rings. The first kappa shape index (κ1) is 11.4. The number of hydrogen-bond donors (Lipinski definition) is 1. The first-order chi connectivity index (χ1) is 8.88. The van der Waals surface area contributed by atoms with E-state index in [4.69, 9.17) is 0 Å². The van der Waals surface area contributed by atoms with Gasteiger partial charge in [-0.15, -0.1) is 11.3 Å². The molecule has 0 amide bonds. The van der Waals surface area contributed by atoms with Crippen molar-refractivity contribution in [1.82, 2.24) is 14.9 Å². The van der Waals surface area contributed by atoms with Crippen molar-refractivity contribution in [3.8, 4) is 0 Å². The van der Waals surface area contributed by atoms with Crippen LogP contribution in [0.25, 0.3) is 10.9 Å². The van der Waals surface area contributed by atoms with Gasteiger partial charge in [0.2, 0.25) is 0 Å². The van der Waals surface area contributed by atoms with Crippen molar-refractivity contribution in [2.75, 3.05) is 7.05 Å². The van der Waals surface area contributed by atoms with Crippen molar-refractivity contribution < 1.29 is 0 Å². The molecule has 0 bridgehead atoms. The predicted octanol–water partition coefficient (Wildman–Crippen LogP) is 2.87. The summed E-state index contributed by atoms with van der Waals surface area (Å²) in [5, 5.41) is 7.71. The minimum Gasteiger partial charge on any atom is -0.340 e. The molecule has 2 heterocycles. The number of nitrogens with zero attached hydrogens (tertiary/aromatic N) is 2. The fourth-order valence-electron chi connectivity index (χ4n) is 2.26. The third-order valence-electron chi connectivity index (χ3n) is 3.03. The van der Waals surface area contributed by atoms with E-state index in [1.807, 2.05) is 18.6 Å². The topological polar surface area (TPSA) is 29.9 Å². The van der Waals surface area contributed by atoms with E-state index < -0.39 is 0 Å². The summed E-state index contributed by atoms with van der Waals surface area (Å²) in [6.07, 6.45) is 4.09. The number of fused-ring (bicyclic) bond motifs is 1. The van der Waals surface area contributed by atoms with Crippen molar-refractivity contribution in [2.24, 2.45) is 0 Å².